The maximum absolute atomic E-state index is 11.2. The Morgan fingerprint density at radius 2 is 1.39 bits per heavy atom. The van der Waals surface area contributed by atoms with Crippen molar-refractivity contribution < 1.29 is 28.5 Å². The third-order valence-electron chi connectivity index (χ3n) is 7.57. The summed E-state index contributed by atoms with van der Waals surface area (Å²) in [5.74, 6) is 0.470. The van der Waals surface area contributed by atoms with Gasteiger partial charge in [-0.15, -0.1) is 0 Å². The van der Waals surface area contributed by atoms with Crippen LogP contribution in [0.15, 0.2) is 0 Å². The lowest BCUT2D eigenvalue weighted by Crippen LogP contribution is -2.63. The summed E-state index contributed by atoms with van der Waals surface area (Å²) in [5.41, 5.74) is 0. The van der Waals surface area contributed by atoms with E-state index in [9.17, 15) is 5.11 Å². The highest BCUT2D eigenvalue weighted by Crippen LogP contribution is 2.46. The molecule has 5 atom stereocenters. The zero-order valence-corrected chi connectivity index (χ0v) is 24.0. The molecule has 3 unspecified atom stereocenters. The average Bonchev–Trinajstić information content (AvgIpc) is 2.75. The molecule has 1 rings (SSSR count). The second-order valence-electron chi connectivity index (χ2n) is 10.8. The van der Waals surface area contributed by atoms with Crippen molar-refractivity contribution in [2.75, 3.05) is 26.4 Å². The SMILES string of the molecule is CCCCOCC1O[C@@H](O[Si](C)(C)C(C)(C)C(C)C)C(OCCCC)C(OCCCC)[C@H]1O. The van der Waals surface area contributed by atoms with Gasteiger partial charge in [-0.25, -0.2) is 0 Å². The highest BCUT2D eigenvalue weighted by Gasteiger charge is 2.52. The van der Waals surface area contributed by atoms with Gasteiger partial charge in [-0.2, -0.15) is 0 Å². The number of hydrogen-bond acceptors (Lipinski definition) is 6. The van der Waals surface area contributed by atoms with Gasteiger partial charge in [0.15, 0.2) is 14.6 Å². The summed E-state index contributed by atoms with van der Waals surface area (Å²) in [6.07, 6.45) is 3.14. The molecule has 1 aliphatic rings. The fraction of sp³-hybridized carbons (Fsp3) is 1.00. The standard InChI is InChI=1S/C26H54O6Si/c1-10-13-16-28-19-21-22(27)23(29-17-14-11-2)24(30-18-15-12-3)25(31-21)32-33(8,9)26(6,7)20(4)5/h20-25,27H,10-19H2,1-9H3/t21?,22-,23?,24?,25-/m0/s1. The van der Waals surface area contributed by atoms with Gasteiger partial charge in [0.1, 0.15) is 24.4 Å². The van der Waals surface area contributed by atoms with Crippen LogP contribution in [0.5, 0.6) is 0 Å². The van der Waals surface area contributed by atoms with E-state index in [4.69, 9.17) is 23.4 Å². The van der Waals surface area contributed by atoms with E-state index in [1.807, 2.05) is 0 Å². The third kappa shape index (κ3) is 9.17. The number of hydrogen-bond donors (Lipinski definition) is 1. The summed E-state index contributed by atoms with van der Waals surface area (Å²) in [6, 6.07) is 0. The zero-order valence-electron chi connectivity index (χ0n) is 23.0. The van der Waals surface area contributed by atoms with Gasteiger partial charge in [-0.3, -0.25) is 0 Å². The van der Waals surface area contributed by atoms with E-state index in [2.05, 4.69) is 61.6 Å². The van der Waals surface area contributed by atoms with Crippen LogP contribution in [0.25, 0.3) is 0 Å². The van der Waals surface area contributed by atoms with E-state index in [-0.39, 0.29) is 5.04 Å². The van der Waals surface area contributed by atoms with Gasteiger partial charge >= 0.3 is 0 Å². The van der Waals surface area contributed by atoms with E-state index in [0.29, 0.717) is 32.3 Å². The highest BCUT2D eigenvalue weighted by atomic mass is 28.4. The Kier molecular flexibility index (Phi) is 14.3. The fourth-order valence-electron chi connectivity index (χ4n) is 3.80. The molecule has 0 aliphatic carbocycles. The molecule has 0 radical (unpaired) electrons. The first kappa shape index (κ1) is 31.0. The Labute approximate surface area is 205 Å². The summed E-state index contributed by atoms with van der Waals surface area (Å²) in [7, 11) is -2.22. The highest BCUT2D eigenvalue weighted by molar-refractivity contribution is 6.74. The smallest absolute Gasteiger partial charge is 0.196 e. The lowest BCUT2D eigenvalue weighted by atomic mass is 9.98. The average molecular weight is 491 g/mol. The number of rotatable bonds is 17. The first-order valence-corrected chi connectivity index (χ1v) is 16.3. The predicted octanol–water partition coefficient (Wildman–Crippen LogP) is 5.92. The van der Waals surface area contributed by atoms with Crippen molar-refractivity contribution in [1.29, 1.82) is 0 Å². The van der Waals surface area contributed by atoms with Gasteiger partial charge < -0.3 is 28.5 Å². The first-order chi connectivity index (χ1) is 15.5. The summed E-state index contributed by atoms with van der Waals surface area (Å²) in [5, 5.41) is 11.3. The minimum atomic E-state index is -2.22. The molecule has 1 fully saturated rings. The van der Waals surface area contributed by atoms with Crippen LogP contribution in [0, 0.1) is 5.92 Å². The van der Waals surface area contributed by atoms with Gasteiger partial charge in [-0.05, 0) is 43.3 Å². The Hall–Kier alpha value is -0.0231. The van der Waals surface area contributed by atoms with Crippen LogP contribution >= 0.6 is 0 Å². The monoisotopic (exact) mass is 490 g/mol. The van der Waals surface area contributed by atoms with Crippen LogP contribution in [0.4, 0.5) is 0 Å². The number of unbranched alkanes of at least 4 members (excludes halogenated alkanes) is 3. The molecule has 0 aromatic heterocycles. The molecule has 33 heavy (non-hydrogen) atoms. The van der Waals surface area contributed by atoms with Gasteiger partial charge in [0.05, 0.1) is 6.61 Å². The molecule has 198 valence electrons. The molecular formula is C26H54O6Si. The van der Waals surface area contributed by atoms with Crippen molar-refractivity contribution in [3.8, 4) is 0 Å². The molecular weight excluding hydrogens is 436 g/mol. The maximum Gasteiger partial charge on any atom is 0.196 e. The van der Waals surface area contributed by atoms with Crippen molar-refractivity contribution >= 4 is 8.32 Å². The van der Waals surface area contributed by atoms with E-state index >= 15 is 0 Å². The third-order valence-corrected chi connectivity index (χ3v) is 12.1. The summed E-state index contributed by atoms with van der Waals surface area (Å²) >= 11 is 0. The van der Waals surface area contributed by atoms with E-state index < -0.39 is 39.0 Å². The van der Waals surface area contributed by atoms with E-state index in [0.717, 1.165) is 38.5 Å². The van der Waals surface area contributed by atoms with Gasteiger partial charge in [0.25, 0.3) is 0 Å². The van der Waals surface area contributed by atoms with Crippen LogP contribution in [0.3, 0.4) is 0 Å². The van der Waals surface area contributed by atoms with Crippen molar-refractivity contribution in [1.82, 2.24) is 0 Å². The number of aliphatic hydroxyl groups is 1. The second kappa shape index (κ2) is 15.2. The number of ether oxygens (including phenoxy) is 4. The molecule has 1 aliphatic heterocycles. The van der Waals surface area contributed by atoms with Crippen molar-refractivity contribution in [3.63, 3.8) is 0 Å². The van der Waals surface area contributed by atoms with Crippen LogP contribution in [0.1, 0.15) is 87.0 Å². The zero-order chi connectivity index (χ0) is 25.1. The van der Waals surface area contributed by atoms with Gasteiger partial charge in [0, 0.05) is 19.8 Å². The second-order valence-corrected chi connectivity index (χ2v) is 15.4. The molecule has 0 aromatic rings. The van der Waals surface area contributed by atoms with Gasteiger partial charge in [0.2, 0.25) is 0 Å². The molecule has 0 saturated carbocycles. The molecule has 0 spiro atoms. The summed E-state index contributed by atoms with van der Waals surface area (Å²) < 4.78 is 31.6. The Morgan fingerprint density at radius 1 is 0.879 bits per heavy atom. The minimum absolute atomic E-state index is 0.0338. The van der Waals surface area contributed by atoms with Crippen molar-refractivity contribution in [2.24, 2.45) is 5.92 Å². The quantitative estimate of drug-likeness (QED) is 0.202. The molecule has 0 bridgehead atoms. The number of aliphatic hydroxyl groups excluding tert-OH is 1. The summed E-state index contributed by atoms with van der Waals surface area (Å²) in [4.78, 5) is 0. The Morgan fingerprint density at radius 3 is 1.91 bits per heavy atom. The van der Waals surface area contributed by atoms with Crippen LogP contribution < -0.4 is 0 Å². The lowest BCUT2D eigenvalue weighted by molar-refractivity contribution is -0.300. The fourth-order valence-corrected chi connectivity index (χ4v) is 6.27. The molecule has 1 saturated heterocycles. The molecule has 7 heteroatoms. The maximum atomic E-state index is 11.2. The lowest BCUT2D eigenvalue weighted by Gasteiger charge is -2.49. The summed E-state index contributed by atoms with van der Waals surface area (Å²) in [6.45, 7) is 22.2. The predicted molar refractivity (Wildman–Crippen MR) is 137 cm³/mol. The molecule has 0 amide bonds. The van der Waals surface area contributed by atoms with Crippen LogP contribution in [-0.2, 0) is 23.4 Å². The topological polar surface area (TPSA) is 66.4 Å². The minimum Gasteiger partial charge on any atom is -0.390 e. The van der Waals surface area contributed by atoms with Crippen molar-refractivity contribution in [3.05, 3.63) is 0 Å². The molecule has 1 heterocycles. The Bertz CT molecular complexity index is 513. The first-order valence-electron chi connectivity index (χ1n) is 13.4. The normalized spacial score (nSPS) is 26.8. The van der Waals surface area contributed by atoms with Crippen LogP contribution in [0.2, 0.25) is 18.1 Å². The van der Waals surface area contributed by atoms with Gasteiger partial charge in [-0.1, -0.05) is 67.7 Å². The van der Waals surface area contributed by atoms with E-state index in [1.54, 1.807) is 0 Å². The van der Waals surface area contributed by atoms with Crippen molar-refractivity contribution in [2.45, 2.75) is 136 Å². The molecule has 0 aromatic carbocycles. The molecule has 1 N–H and O–H groups in total. The van der Waals surface area contributed by atoms with Crippen LogP contribution in [-0.4, -0.2) is 70.6 Å². The molecule has 6 nitrogen and oxygen atoms in total. The Balaban J connectivity index is 3.16. The largest absolute Gasteiger partial charge is 0.390 e. The van der Waals surface area contributed by atoms with E-state index in [1.165, 1.54) is 0 Å².